The molecule has 14 rings (SSSR count). The maximum atomic E-state index is 2.88. The van der Waals surface area contributed by atoms with Crippen molar-refractivity contribution in [1.82, 2.24) is 0 Å². The highest BCUT2D eigenvalue weighted by Gasteiger charge is 2.59. The van der Waals surface area contributed by atoms with E-state index >= 15 is 0 Å². The van der Waals surface area contributed by atoms with Gasteiger partial charge in [-0.05, 0) is 303 Å². The van der Waals surface area contributed by atoms with Crippen molar-refractivity contribution in [2.75, 3.05) is 0 Å². The number of fused-ring (bicyclic) bond motifs is 6. The van der Waals surface area contributed by atoms with E-state index in [0.29, 0.717) is 34.8 Å². The highest BCUT2D eigenvalue weighted by atomic mass is 28.3. The van der Waals surface area contributed by atoms with Crippen LogP contribution in [0.2, 0.25) is 37.3 Å². The number of hydrogen-bond donors (Lipinski definition) is 0. The number of allylic oxidation sites excluding steroid dienone is 10. The Balaban J connectivity index is 0.000000178. The lowest BCUT2D eigenvalue weighted by molar-refractivity contribution is 0.464. The normalized spacial score (nSPS) is 24.9. The summed E-state index contributed by atoms with van der Waals surface area (Å²) in [5, 5.41) is 0. The Morgan fingerprint density at radius 3 is 1.32 bits per heavy atom. The van der Waals surface area contributed by atoms with Crippen LogP contribution in [0.25, 0.3) is 45.6 Å². The number of hydrogen-bond acceptors (Lipinski definition) is 0. The van der Waals surface area contributed by atoms with E-state index < -0.39 is 16.1 Å². The van der Waals surface area contributed by atoms with Crippen molar-refractivity contribution in [2.24, 2.45) is 40.9 Å². The Morgan fingerprint density at radius 2 is 0.845 bits per heavy atom. The minimum absolute atomic E-state index is 0.0661. The van der Waals surface area contributed by atoms with Gasteiger partial charge in [0.15, 0.2) is 0 Å². The predicted octanol–water partition coefficient (Wildman–Crippen LogP) is 27.5. The fraction of sp³-hybridized carbons (Fsp3) is 0.495. The quantitative estimate of drug-likeness (QED) is 0.133. The first-order valence-electron chi connectivity index (χ1n) is 38.5. The third kappa shape index (κ3) is 12.8. The molecule has 0 radical (unpaired) electrons. The molecular weight excluding hydrogens is 1200 g/mol. The van der Waals surface area contributed by atoms with Gasteiger partial charge >= 0.3 is 0 Å². The fourth-order valence-electron chi connectivity index (χ4n) is 23.1. The van der Waals surface area contributed by atoms with Crippen LogP contribution < -0.4 is 0 Å². The lowest BCUT2D eigenvalue weighted by Gasteiger charge is -2.47. The summed E-state index contributed by atoms with van der Waals surface area (Å²) in [6.07, 6.45) is 22.5. The second kappa shape index (κ2) is 26.3. The molecule has 0 saturated heterocycles. The van der Waals surface area contributed by atoms with Crippen molar-refractivity contribution in [3.8, 4) is 22.3 Å². The van der Waals surface area contributed by atoms with Gasteiger partial charge < -0.3 is 0 Å². The first-order valence-corrected chi connectivity index (χ1v) is 44.8. The van der Waals surface area contributed by atoms with Gasteiger partial charge in [-0.3, -0.25) is 0 Å². The summed E-state index contributed by atoms with van der Waals surface area (Å²) in [4.78, 5) is 0. The van der Waals surface area contributed by atoms with Gasteiger partial charge in [-0.2, -0.15) is 0 Å². The zero-order chi connectivity index (χ0) is 70.2. The molecule has 6 aromatic carbocycles. The molecule has 0 spiro atoms. The first kappa shape index (κ1) is 71.0. The number of aryl methyl sites for hydroxylation is 9. The Hall–Kier alpha value is -5.81. The van der Waals surface area contributed by atoms with Gasteiger partial charge in [0.25, 0.3) is 0 Å². The molecule has 0 N–H and O–H groups in total. The Bertz CT molecular complexity index is 4260. The molecule has 0 bridgehead atoms. The second-order valence-electron chi connectivity index (χ2n) is 36.6. The molecule has 0 amide bonds. The minimum Gasteiger partial charge on any atom is -0.0773 e. The average molecular weight is 1320 g/mol. The fourth-order valence-corrected chi connectivity index (χ4v) is 34.3. The van der Waals surface area contributed by atoms with E-state index in [-0.39, 0.29) is 10.8 Å². The summed E-state index contributed by atoms with van der Waals surface area (Å²) < 4.78 is 0. The van der Waals surface area contributed by atoms with E-state index in [9.17, 15) is 0 Å². The van der Waals surface area contributed by atoms with E-state index in [0.717, 1.165) is 22.9 Å². The molecular formula is C95H124Si2. The number of benzene rings is 6. The van der Waals surface area contributed by atoms with Gasteiger partial charge in [0.05, 0.1) is 16.1 Å². The van der Waals surface area contributed by atoms with Crippen LogP contribution in [0.15, 0.2) is 131 Å². The molecule has 3 fully saturated rings. The molecule has 2 heteroatoms. The topological polar surface area (TPSA) is 0 Å². The van der Waals surface area contributed by atoms with E-state index in [4.69, 9.17) is 0 Å². The van der Waals surface area contributed by atoms with Crippen LogP contribution in [0.1, 0.15) is 246 Å². The SMILES string of the molecule is CC1=C(c2cc(C)cc(C)c2)C2CC(C)C([Si](C)(C)C3C(C)CC4C(c5cc(C)cc(C)c5)=C5CCCC5=CC43)C2C=C1C(C)(C)C.CC1=Cc2c(cc(C(C)(C)C)c(C)c2-c2cc(C)cc(C)c2)C1[Si](C)(C)C1C(C)=Cc2c1cc1c(c2-c2cc(C)cc(C)c2)CCC1.CCC. The third-order valence-corrected chi connectivity index (χ3v) is 35.3. The van der Waals surface area contributed by atoms with Crippen molar-refractivity contribution >= 4 is 39.4 Å². The molecule has 512 valence electrons. The molecule has 8 aliphatic carbocycles. The van der Waals surface area contributed by atoms with Gasteiger partial charge in [0.2, 0.25) is 0 Å². The van der Waals surface area contributed by atoms with Gasteiger partial charge in [0.1, 0.15) is 0 Å². The maximum absolute atomic E-state index is 2.88. The van der Waals surface area contributed by atoms with Gasteiger partial charge in [-0.15, -0.1) is 0 Å². The second-order valence-corrected chi connectivity index (χ2v) is 46.3. The highest BCUT2D eigenvalue weighted by molar-refractivity contribution is 6.82. The van der Waals surface area contributed by atoms with Crippen LogP contribution in [-0.2, 0) is 18.3 Å². The molecule has 0 heterocycles. The van der Waals surface area contributed by atoms with E-state index in [1.807, 2.05) is 0 Å². The maximum Gasteiger partial charge on any atom is 0.0722 e. The number of rotatable bonds is 8. The van der Waals surface area contributed by atoms with Crippen LogP contribution in [0.5, 0.6) is 0 Å². The van der Waals surface area contributed by atoms with Gasteiger partial charge in [-0.25, -0.2) is 0 Å². The van der Waals surface area contributed by atoms with Crippen molar-refractivity contribution in [2.45, 2.75) is 264 Å². The third-order valence-electron chi connectivity index (χ3n) is 25.4. The highest BCUT2D eigenvalue weighted by Crippen LogP contribution is 2.68. The largest absolute Gasteiger partial charge is 0.0773 e. The lowest BCUT2D eigenvalue weighted by atomic mass is 9.69. The smallest absolute Gasteiger partial charge is 0.0722 e. The predicted molar refractivity (Wildman–Crippen MR) is 432 cm³/mol. The molecule has 6 aromatic rings. The summed E-state index contributed by atoms with van der Waals surface area (Å²) in [5.41, 5.74) is 48.3. The van der Waals surface area contributed by atoms with Crippen LogP contribution >= 0.6 is 0 Å². The summed E-state index contributed by atoms with van der Waals surface area (Å²) in [7, 11) is -3.80. The molecule has 0 aromatic heterocycles. The average Bonchev–Trinajstić information content (AvgIpc) is 1.57. The molecule has 97 heavy (non-hydrogen) atoms. The van der Waals surface area contributed by atoms with E-state index in [2.05, 4.69) is 288 Å². The molecule has 8 aliphatic rings. The van der Waals surface area contributed by atoms with E-state index in [1.165, 1.54) is 152 Å². The van der Waals surface area contributed by atoms with Crippen LogP contribution in [0.3, 0.4) is 0 Å². The zero-order valence-corrected chi connectivity index (χ0v) is 67.5. The van der Waals surface area contributed by atoms with Crippen molar-refractivity contribution < 1.29 is 0 Å². The first-order chi connectivity index (χ1) is 45.5. The molecule has 0 aliphatic heterocycles. The summed E-state index contributed by atoms with van der Waals surface area (Å²) in [6.45, 7) is 63.1. The van der Waals surface area contributed by atoms with E-state index in [1.54, 1.807) is 72.4 Å². The monoisotopic (exact) mass is 1320 g/mol. The Morgan fingerprint density at radius 1 is 0.433 bits per heavy atom. The molecule has 0 nitrogen and oxygen atoms in total. The standard InChI is InChI=1S/C46H62Si.C46H54Si.C3H8/c2*1-26-16-27(2)19-34(18-26)42-32(7)41(46(8,9)10)25-40-37(42)22-30(5)45(40)47(11,12)44-31(6)23-38-39(44)24-33-14-13-15-36(33)43(38)35-20-28(3)17-29(4)21-35;1-3-2/h16-21,24-25,30-31,37-40,44-45H,13-15,22-23H2,1-12H3;16-25,44-45H,13-15H2,1-12H3;3H2,1-2H3. The molecule has 10 unspecified atom stereocenters. The van der Waals surface area contributed by atoms with Crippen LogP contribution in [-0.4, -0.2) is 16.1 Å². The zero-order valence-electron chi connectivity index (χ0n) is 65.5. The molecule has 3 saturated carbocycles. The van der Waals surface area contributed by atoms with Crippen molar-refractivity contribution in [3.05, 3.63) is 231 Å². The summed E-state index contributed by atoms with van der Waals surface area (Å²) in [5.74, 6) is 4.22. The van der Waals surface area contributed by atoms with Crippen LogP contribution in [0.4, 0.5) is 0 Å². The van der Waals surface area contributed by atoms with Crippen molar-refractivity contribution in [1.29, 1.82) is 0 Å². The van der Waals surface area contributed by atoms with Crippen molar-refractivity contribution in [3.63, 3.8) is 0 Å². The Kier molecular flexibility index (Phi) is 19.3. The summed E-state index contributed by atoms with van der Waals surface area (Å²) >= 11 is 0. The Labute approximate surface area is 593 Å². The van der Waals surface area contributed by atoms with Crippen LogP contribution in [0, 0.1) is 103 Å². The summed E-state index contributed by atoms with van der Waals surface area (Å²) in [6, 6.07) is 34.4. The van der Waals surface area contributed by atoms with Gasteiger partial charge in [0, 0.05) is 11.1 Å². The molecule has 10 atom stereocenters. The lowest BCUT2D eigenvalue weighted by Crippen LogP contribution is -2.46. The van der Waals surface area contributed by atoms with Gasteiger partial charge in [-0.1, -0.05) is 267 Å². The minimum atomic E-state index is -2.03.